The van der Waals surface area contributed by atoms with Crippen molar-refractivity contribution in [1.29, 1.82) is 0 Å². The van der Waals surface area contributed by atoms with Gasteiger partial charge in [-0.25, -0.2) is 4.79 Å². The van der Waals surface area contributed by atoms with Gasteiger partial charge in [0, 0.05) is 18.8 Å². The van der Waals surface area contributed by atoms with E-state index in [0.29, 0.717) is 5.56 Å². The van der Waals surface area contributed by atoms with E-state index in [4.69, 9.17) is 5.11 Å². The number of carboxylic acids is 1. The summed E-state index contributed by atoms with van der Waals surface area (Å²) in [5.74, 6) is -0.896. The summed E-state index contributed by atoms with van der Waals surface area (Å²) in [5, 5.41) is 8.99. The van der Waals surface area contributed by atoms with Gasteiger partial charge in [0.1, 0.15) is 0 Å². The molecule has 3 aromatic carbocycles. The Balaban J connectivity index is 1.53. The van der Waals surface area contributed by atoms with Gasteiger partial charge < -0.3 is 10.0 Å². The monoisotopic (exact) mass is 329 g/mol. The molecule has 1 N–H and O–H groups in total. The third-order valence-electron chi connectivity index (χ3n) is 4.83. The summed E-state index contributed by atoms with van der Waals surface area (Å²) >= 11 is 0. The van der Waals surface area contributed by atoms with Crippen LogP contribution >= 0.6 is 0 Å². The molecule has 0 bridgehead atoms. The molecule has 1 heterocycles. The van der Waals surface area contributed by atoms with Gasteiger partial charge in [0.25, 0.3) is 0 Å². The molecule has 0 aliphatic carbocycles. The second-order valence-electron chi connectivity index (χ2n) is 6.37. The molecule has 0 radical (unpaired) electrons. The van der Waals surface area contributed by atoms with Gasteiger partial charge >= 0.3 is 5.97 Å². The van der Waals surface area contributed by atoms with Crippen molar-refractivity contribution in [2.45, 2.75) is 13.0 Å². The first kappa shape index (κ1) is 15.5. The van der Waals surface area contributed by atoms with Crippen molar-refractivity contribution in [3.05, 3.63) is 89.5 Å². The molecular weight excluding hydrogens is 310 g/mol. The first-order valence-corrected chi connectivity index (χ1v) is 8.46. The van der Waals surface area contributed by atoms with Gasteiger partial charge in [-0.1, -0.05) is 48.5 Å². The van der Waals surface area contributed by atoms with Gasteiger partial charge in [0.15, 0.2) is 0 Å². The van der Waals surface area contributed by atoms with Crippen LogP contribution in [0.15, 0.2) is 72.8 Å². The summed E-state index contributed by atoms with van der Waals surface area (Å²) in [6.07, 6.45) is 1.08. The Bertz CT molecular complexity index is 898. The van der Waals surface area contributed by atoms with E-state index < -0.39 is 5.97 Å². The molecule has 0 aromatic heterocycles. The van der Waals surface area contributed by atoms with Crippen molar-refractivity contribution in [1.82, 2.24) is 0 Å². The van der Waals surface area contributed by atoms with Crippen LogP contribution < -0.4 is 4.90 Å². The Morgan fingerprint density at radius 3 is 2.04 bits per heavy atom. The first-order valence-electron chi connectivity index (χ1n) is 8.46. The molecule has 1 aliphatic heterocycles. The van der Waals surface area contributed by atoms with Gasteiger partial charge in [-0.15, -0.1) is 0 Å². The zero-order chi connectivity index (χ0) is 17.2. The number of carbonyl (C=O) groups is 1. The van der Waals surface area contributed by atoms with E-state index in [1.807, 2.05) is 12.1 Å². The molecular formula is C22H19NO2. The molecule has 124 valence electrons. The van der Waals surface area contributed by atoms with Crippen LogP contribution in [0, 0.1) is 0 Å². The predicted octanol–water partition coefficient (Wildman–Crippen LogP) is 4.61. The fourth-order valence-electron chi connectivity index (χ4n) is 3.39. The number of carboxylic acid groups (broad SMARTS) is 1. The van der Waals surface area contributed by atoms with Crippen molar-refractivity contribution in [3.8, 4) is 11.1 Å². The summed E-state index contributed by atoms with van der Waals surface area (Å²) in [4.78, 5) is 13.4. The van der Waals surface area contributed by atoms with Crippen LogP contribution in [0.5, 0.6) is 0 Å². The van der Waals surface area contributed by atoms with E-state index >= 15 is 0 Å². The van der Waals surface area contributed by atoms with Gasteiger partial charge in [-0.3, -0.25) is 0 Å². The molecule has 0 saturated heterocycles. The summed E-state index contributed by atoms with van der Waals surface area (Å²) in [6, 6.07) is 24.1. The molecule has 1 aliphatic rings. The summed E-state index contributed by atoms with van der Waals surface area (Å²) in [6.45, 7) is 1.98. The molecule has 0 spiro atoms. The van der Waals surface area contributed by atoms with Crippen molar-refractivity contribution >= 4 is 11.7 Å². The quantitative estimate of drug-likeness (QED) is 0.762. The van der Waals surface area contributed by atoms with Crippen LogP contribution in [0.2, 0.25) is 0 Å². The molecule has 0 amide bonds. The Kier molecular flexibility index (Phi) is 3.98. The molecule has 0 saturated carbocycles. The molecule has 0 fully saturated rings. The molecule has 4 rings (SSSR count). The van der Waals surface area contributed by atoms with E-state index in [9.17, 15) is 4.79 Å². The van der Waals surface area contributed by atoms with Crippen LogP contribution in [-0.4, -0.2) is 17.6 Å². The highest BCUT2D eigenvalue weighted by molar-refractivity contribution is 5.88. The summed E-state index contributed by atoms with van der Waals surface area (Å²) < 4.78 is 0. The lowest BCUT2D eigenvalue weighted by atomic mass is 9.99. The smallest absolute Gasteiger partial charge is 0.335 e. The first-order chi connectivity index (χ1) is 12.2. The zero-order valence-electron chi connectivity index (χ0n) is 13.9. The lowest BCUT2D eigenvalue weighted by molar-refractivity contribution is 0.0697. The van der Waals surface area contributed by atoms with E-state index in [0.717, 1.165) is 30.6 Å². The van der Waals surface area contributed by atoms with Gasteiger partial charge in [0.2, 0.25) is 0 Å². The van der Waals surface area contributed by atoms with Gasteiger partial charge in [0.05, 0.1) is 5.56 Å². The minimum atomic E-state index is -0.896. The molecule has 3 nitrogen and oxygen atoms in total. The second kappa shape index (κ2) is 6.44. The highest BCUT2D eigenvalue weighted by Gasteiger charge is 2.16. The average molecular weight is 329 g/mol. The molecule has 0 unspecified atom stereocenters. The average Bonchev–Trinajstić information content (AvgIpc) is 2.68. The summed E-state index contributed by atoms with van der Waals surface area (Å²) in [7, 11) is 0. The topological polar surface area (TPSA) is 40.5 Å². The van der Waals surface area contributed by atoms with Crippen LogP contribution in [0.25, 0.3) is 11.1 Å². The largest absolute Gasteiger partial charge is 0.478 e. The van der Waals surface area contributed by atoms with Crippen molar-refractivity contribution in [2.75, 3.05) is 11.4 Å². The van der Waals surface area contributed by atoms with E-state index in [1.165, 1.54) is 16.8 Å². The standard InChI is InChI=1S/C22H19NO2/c24-22(25)19-7-5-17(6-8-19)18-9-11-21(12-10-18)23-14-13-16-3-1-2-4-20(16)15-23/h1-12H,13-15H2,(H,24,25). The van der Waals surface area contributed by atoms with Crippen LogP contribution in [-0.2, 0) is 13.0 Å². The number of hydrogen-bond donors (Lipinski definition) is 1. The zero-order valence-corrected chi connectivity index (χ0v) is 13.9. The maximum absolute atomic E-state index is 11.0. The van der Waals surface area contributed by atoms with Crippen LogP contribution in [0.1, 0.15) is 21.5 Å². The summed E-state index contributed by atoms with van der Waals surface area (Å²) in [5.41, 5.74) is 6.52. The van der Waals surface area contributed by atoms with Crippen molar-refractivity contribution in [3.63, 3.8) is 0 Å². The Labute approximate surface area is 147 Å². The number of anilines is 1. The van der Waals surface area contributed by atoms with Gasteiger partial charge in [-0.2, -0.15) is 0 Å². The fourth-order valence-corrected chi connectivity index (χ4v) is 3.39. The highest BCUT2D eigenvalue weighted by atomic mass is 16.4. The van der Waals surface area contributed by atoms with Crippen LogP contribution in [0.4, 0.5) is 5.69 Å². The lowest BCUT2D eigenvalue weighted by Crippen LogP contribution is -2.30. The predicted molar refractivity (Wildman–Crippen MR) is 100 cm³/mol. The highest BCUT2D eigenvalue weighted by Crippen LogP contribution is 2.27. The Morgan fingerprint density at radius 2 is 1.40 bits per heavy atom. The Hall–Kier alpha value is -3.07. The number of hydrogen-bond acceptors (Lipinski definition) is 2. The maximum atomic E-state index is 11.0. The Morgan fingerprint density at radius 1 is 0.800 bits per heavy atom. The number of aromatic carboxylic acids is 1. The van der Waals surface area contributed by atoms with E-state index in [1.54, 1.807) is 12.1 Å². The molecule has 3 aromatic rings. The van der Waals surface area contributed by atoms with E-state index in [-0.39, 0.29) is 0 Å². The number of fused-ring (bicyclic) bond motifs is 1. The molecule has 25 heavy (non-hydrogen) atoms. The third kappa shape index (κ3) is 3.13. The molecule has 0 atom stereocenters. The van der Waals surface area contributed by atoms with Crippen molar-refractivity contribution < 1.29 is 9.90 Å². The van der Waals surface area contributed by atoms with Crippen LogP contribution in [0.3, 0.4) is 0 Å². The maximum Gasteiger partial charge on any atom is 0.335 e. The third-order valence-corrected chi connectivity index (χ3v) is 4.83. The lowest BCUT2D eigenvalue weighted by Gasteiger charge is -2.30. The van der Waals surface area contributed by atoms with E-state index in [2.05, 4.69) is 53.4 Å². The minimum Gasteiger partial charge on any atom is -0.478 e. The second-order valence-corrected chi connectivity index (χ2v) is 6.37. The number of nitrogens with zero attached hydrogens (tertiary/aromatic N) is 1. The molecule has 3 heteroatoms. The number of benzene rings is 3. The fraction of sp³-hybridized carbons (Fsp3) is 0.136. The number of rotatable bonds is 3. The van der Waals surface area contributed by atoms with Crippen molar-refractivity contribution in [2.24, 2.45) is 0 Å². The van der Waals surface area contributed by atoms with Gasteiger partial charge in [-0.05, 0) is 52.9 Å². The normalized spacial score (nSPS) is 13.4. The SMILES string of the molecule is O=C(O)c1ccc(-c2ccc(N3CCc4ccccc4C3)cc2)cc1. The minimum absolute atomic E-state index is 0.312.